The van der Waals surface area contributed by atoms with E-state index in [0.717, 1.165) is 12.8 Å². The van der Waals surface area contributed by atoms with E-state index in [2.05, 4.69) is 60.7 Å². The summed E-state index contributed by atoms with van der Waals surface area (Å²) in [6.45, 7) is 0. The van der Waals surface area contributed by atoms with E-state index >= 15 is 0 Å². The number of aromatic hydroxyl groups is 2. The molecule has 0 aliphatic heterocycles. The van der Waals surface area contributed by atoms with Crippen LogP contribution in [0.15, 0.2) is 109 Å². The Morgan fingerprint density at radius 1 is 0.471 bits per heavy atom. The van der Waals surface area contributed by atoms with Gasteiger partial charge in [-0.25, -0.2) is 9.59 Å². The number of carbonyl (C=O) groups is 2. The number of para-hydroxylation sites is 2. The van der Waals surface area contributed by atoms with Gasteiger partial charge in [-0.1, -0.05) is 84.9 Å². The fraction of sp³-hybridized carbons (Fsp3) is 0.0714. The van der Waals surface area contributed by atoms with Crippen LogP contribution in [0.4, 0.5) is 0 Å². The number of aromatic carboxylic acids is 2. The van der Waals surface area contributed by atoms with Gasteiger partial charge in [0.1, 0.15) is 22.6 Å². The normalized spacial score (nSPS) is 9.53. The van der Waals surface area contributed by atoms with Crippen molar-refractivity contribution in [3.8, 4) is 11.5 Å². The number of carboxylic acids is 2. The van der Waals surface area contributed by atoms with E-state index in [0.29, 0.717) is 0 Å². The van der Waals surface area contributed by atoms with E-state index < -0.39 is 11.9 Å². The van der Waals surface area contributed by atoms with Gasteiger partial charge in [0.25, 0.3) is 0 Å². The minimum absolute atomic E-state index is 0.0671. The Labute approximate surface area is 198 Å². The van der Waals surface area contributed by atoms with Gasteiger partial charge in [0.2, 0.25) is 0 Å². The van der Waals surface area contributed by atoms with Crippen molar-refractivity contribution in [1.29, 1.82) is 0 Å². The van der Waals surface area contributed by atoms with E-state index in [4.69, 9.17) is 20.4 Å². The van der Waals surface area contributed by atoms with Crippen LogP contribution in [0.1, 0.15) is 31.8 Å². The predicted molar refractivity (Wildman–Crippen MR) is 130 cm³/mol. The van der Waals surface area contributed by atoms with Crippen LogP contribution in [-0.2, 0) is 12.8 Å². The first-order valence-corrected chi connectivity index (χ1v) is 10.5. The molecular weight excluding hydrogens is 432 g/mol. The number of rotatable bonds is 5. The first kappa shape index (κ1) is 25.7. The van der Waals surface area contributed by atoms with Crippen molar-refractivity contribution in [2.75, 3.05) is 0 Å². The lowest BCUT2D eigenvalue weighted by Gasteiger charge is -2.01. The highest BCUT2D eigenvalue weighted by molar-refractivity contribution is 5.91. The van der Waals surface area contributed by atoms with Crippen molar-refractivity contribution in [2.45, 2.75) is 12.8 Å². The summed E-state index contributed by atoms with van der Waals surface area (Å²) in [6.07, 6.45) is 2.26. The van der Waals surface area contributed by atoms with E-state index in [1.54, 1.807) is 24.3 Å². The molecule has 4 N–H and O–H groups in total. The molecule has 6 heteroatoms. The lowest BCUT2D eigenvalue weighted by molar-refractivity contribution is 0.0682. The molecule has 0 unspecified atom stereocenters. The maximum atomic E-state index is 10.3. The Morgan fingerprint density at radius 2 is 0.765 bits per heavy atom. The largest absolute Gasteiger partial charge is 0.507 e. The van der Waals surface area contributed by atoms with Crippen molar-refractivity contribution >= 4 is 11.9 Å². The zero-order chi connectivity index (χ0) is 24.8. The quantitative estimate of drug-likeness (QED) is 0.307. The van der Waals surface area contributed by atoms with E-state index in [1.165, 1.54) is 35.4 Å². The van der Waals surface area contributed by atoms with Crippen LogP contribution in [0, 0.1) is 0 Å². The minimum atomic E-state index is -1.11. The van der Waals surface area contributed by atoms with Crippen molar-refractivity contribution in [2.24, 2.45) is 0 Å². The molecule has 174 valence electrons. The standard InChI is InChI=1S/C14H14.2C7H6O3/c1-3-7-13(8-4-1)11-12-14-9-5-2-6-10-14;2*8-6-4-2-1-3-5(6)7(9)10/h1-10H,11-12H2;2*1-4,8H,(H,9,10). The molecule has 0 heterocycles. The van der Waals surface area contributed by atoms with Gasteiger partial charge in [0.05, 0.1) is 0 Å². The highest BCUT2D eigenvalue weighted by Crippen LogP contribution is 2.15. The number of phenols is 2. The summed E-state index contributed by atoms with van der Waals surface area (Å²) in [5.74, 6) is -2.62. The SMILES string of the molecule is O=C(O)c1ccccc1O.O=C(O)c1ccccc1O.c1ccc(CCc2ccccc2)cc1. The van der Waals surface area contributed by atoms with Gasteiger partial charge < -0.3 is 20.4 Å². The second-order valence-corrected chi connectivity index (χ2v) is 7.12. The second-order valence-electron chi connectivity index (χ2n) is 7.12. The average Bonchev–Trinajstić information content (AvgIpc) is 2.85. The summed E-state index contributed by atoms with van der Waals surface area (Å²) in [7, 11) is 0. The number of aryl methyl sites for hydroxylation is 2. The van der Waals surface area contributed by atoms with Crippen LogP contribution in [0.3, 0.4) is 0 Å². The topological polar surface area (TPSA) is 115 Å². The second kappa shape index (κ2) is 13.8. The zero-order valence-corrected chi connectivity index (χ0v) is 18.4. The molecule has 6 nitrogen and oxygen atoms in total. The average molecular weight is 459 g/mol. The Hall–Kier alpha value is -4.58. The summed E-state index contributed by atoms with van der Waals surface area (Å²) < 4.78 is 0. The van der Waals surface area contributed by atoms with Gasteiger partial charge in [-0.05, 0) is 48.2 Å². The van der Waals surface area contributed by atoms with Crippen molar-refractivity contribution in [3.05, 3.63) is 131 Å². The molecule has 0 amide bonds. The van der Waals surface area contributed by atoms with Gasteiger partial charge >= 0.3 is 11.9 Å². The maximum absolute atomic E-state index is 10.3. The van der Waals surface area contributed by atoms with Gasteiger partial charge in [-0.2, -0.15) is 0 Å². The summed E-state index contributed by atoms with van der Waals surface area (Å²) in [5.41, 5.74) is 2.69. The van der Waals surface area contributed by atoms with Gasteiger partial charge in [-0.15, -0.1) is 0 Å². The summed E-state index contributed by atoms with van der Waals surface area (Å²) in [6, 6.07) is 32.9. The van der Waals surface area contributed by atoms with E-state index in [1.807, 2.05) is 0 Å². The molecule has 0 bridgehead atoms. The summed E-state index contributed by atoms with van der Waals surface area (Å²) in [4.78, 5) is 20.5. The highest BCUT2D eigenvalue weighted by atomic mass is 16.4. The zero-order valence-electron chi connectivity index (χ0n) is 18.4. The summed E-state index contributed by atoms with van der Waals surface area (Å²) in [5, 5.41) is 34.6. The third-order valence-electron chi connectivity index (χ3n) is 4.66. The highest BCUT2D eigenvalue weighted by Gasteiger charge is 2.06. The van der Waals surface area contributed by atoms with Crippen LogP contribution in [-0.4, -0.2) is 32.4 Å². The Kier molecular flexibility index (Phi) is 10.4. The molecule has 0 saturated heterocycles. The molecule has 0 radical (unpaired) electrons. The van der Waals surface area contributed by atoms with Crippen LogP contribution < -0.4 is 0 Å². The molecule has 0 atom stereocenters. The fourth-order valence-corrected chi connectivity index (χ4v) is 2.89. The Morgan fingerprint density at radius 3 is 1.03 bits per heavy atom. The Bertz CT molecular complexity index is 1080. The van der Waals surface area contributed by atoms with Crippen LogP contribution in [0.5, 0.6) is 11.5 Å². The molecule has 4 aromatic rings. The lowest BCUT2D eigenvalue weighted by Crippen LogP contribution is -1.95. The molecule has 34 heavy (non-hydrogen) atoms. The molecule has 0 aliphatic carbocycles. The van der Waals surface area contributed by atoms with Gasteiger partial charge in [0.15, 0.2) is 0 Å². The molecule has 0 saturated carbocycles. The molecule has 0 aliphatic rings. The van der Waals surface area contributed by atoms with Gasteiger partial charge in [0, 0.05) is 0 Å². The fourth-order valence-electron chi connectivity index (χ4n) is 2.89. The van der Waals surface area contributed by atoms with E-state index in [-0.39, 0.29) is 22.6 Å². The number of hydrogen-bond acceptors (Lipinski definition) is 4. The molecule has 0 fully saturated rings. The van der Waals surface area contributed by atoms with Crippen molar-refractivity contribution < 1.29 is 30.0 Å². The minimum Gasteiger partial charge on any atom is -0.507 e. The number of carboxylic acid groups (broad SMARTS) is 2. The number of hydrogen-bond donors (Lipinski definition) is 4. The maximum Gasteiger partial charge on any atom is 0.339 e. The monoisotopic (exact) mass is 458 g/mol. The van der Waals surface area contributed by atoms with Crippen LogP contribution in [0.25, 0.3) is 0 Å². The molecular formula is C28H26O6. The van der Waals surface area contributed by atoms with Crippen LogP contribution >= 0.6 is 0 Å². The predicted octanol–water partition coefficient (Wildman–Crippen LogP) is 5.65. The van der Waals surface area contributed by atoms with E-state index in [9.17, 15) is 9.59 Å². The van der Waals surface area contributed by atoms with Crippen molar-refractivity contribution in [3.63, 3.8) is 0 Å². The third kappa shape index (κ3) is 8.88. The smallest absolute Gasteiger partial charge is 0.339 e. The molecule has 0 aromatic heterocycles. The number of benzene rings is 4. The summed E-state index contributed by atoms with van der Waals surface area (Å²) >= 11 is 0. The van der Waals surface area contributed by atoms with Gasteiger partial charge in [-0.3, -0.25) is 0 Å². The molecule has 4 rings (SSSR count). The van der Waals surface area contributed by atoms with Crippen LogP contribution in [0.2, 0.25) is 0 Å². The van der Waals surface area contributed by atoms with Crippen molar-refractivity contribution in [1.82, 2.24) is 0 Å². The molecule has 4 aromatic carbocycles. The first-order valence-electron chi connectivity index (χ1n) is 10.5. The first-order chi connectivity index (χ1) is 16.4. The third-order valence-corrected chi connectivity index (χ3v) is 4.66. The molecule has 0 spiro atoms. The Balaban J connectivity index is 0.000000185. The lowest BCUT2D eigenvalue weighted by atomic mass is 10.0.